The van der Waals surface area contributed by atoms with E-state index in [2.05, 4.69) is 21.2 Å². The molecule has 0 aliphatic heterocycles. The Labute approximate surface area is 281 Å². The van der Waals surface area contributed by atoms with Crippen molar-refractivity contribution in [1.29, 1.82) is 0 Å². The Morgan fingerprint density at radius 1 is 0.804 bits per heavy atom. The summed E-state index contributed by atoms with van der Waals surface area (Å²) in [7, 11) is -4.16. The van der Waals surface area contributed by atoms with Crippen LogP contribution in [0.2, 0.25) is 0 Å². The maximum atomic E-state index is 14.6. The minimum absolute atomic E-state index is 0.0786. The number of halogens is 1. The van der Waals surface area contributed by atoms with Gasteiger partial charge in [-0.2, -0.15) is 0 Å². The molecule has 0 spiro atoms. The van der Waals surface area contributed by atoms with E-state index >= 15 is 0 Å². The molecule has 9 heteroatoms. The minimum atomic E-state index is -4.16. The van der Waals surface area contributed by atoms with Gasteiger partial charge in [-0.05, 0) is 100 Å². The topological polar surface area (TPSA) is 86.8 Å². The third kappa shape index (κ3) is 9.07. The highest BCUT2D eigenvalue weighted by atomic mass is 79.9. The van der Waals surface area contributed by atoms with E-state index in [1.165, 1.54) is 4.90 Å². The molecule has 0 saturated heterocycles. The van der Waals surface area contributed by atoms with Crippen LogP contribution in [0.3, 0.4) is 0 Å². The zero-order chi connectivity index (χ0) is 33.6. The zero-order valence-electron chi connectivity index (χ0n) is 27.2. The quantitative estimate of drug-likeness (QED) is 0.180. The van der Waals surface area contributed by atoms with Crippen LogP contribution in [-0.2, 0) is 32.6 Å². The molecule has 46 heavy (non-hydrogen) atoms. The summed E-state index contributed by atoms with van der Waals surface area (Å²) in [6.45, 7) is 11.0. The molecule has 0 aromatic heterocycles. The van der Waals surface area contributed by atoms with E-state index in [4.69, 9.17) is 0 Å². The van der Waals surface area contributed by atoms with Gasteiger partial charge >= 0.3 is 0 Å². The summed E-state index contributed by atoms with van der Waals surface area (Å²) in [4.78, 5) is 30.2. The summed E-state index contributed by atoms with van der Waals surface area (Å²) in [5.41, 5.74) is 4.31. The Bertz CT molecular complexity index is 1770. The van der Waals surface area contributed by atoms with Gasteiger partial charge in [0.2, 0.25) is 11.8 Å². The van der Waals surface area contributed by atoms with Gasteiger partial charge in [-0.15, -0.1) is 0 Å². The smallest absolute Gasteiger partial charge is 0.264 e. The van der Waals surface area contributed by atoms with Crippen molar-refractivity contribution in [3.8, 4) is 0 Å². The highest BCUT2D eigenvalue weighted by Gasteiger charge is 2.35. The van der Waals surface area contributed by atoms with Crippen molar-refractivity contribution in [1.82, 2.24) is 10.2 Å². The number of sulfonamides is 1. The molecule has 242 valence electrons. The van der Waals surface area contributed by atoms with Crippen LogP contribution in [0.1, 0.15) is 48.6 Å². The molecule has 0 radical (unpaired) electrons. The van der Waals surface area contributed by atoms with Gasteiger partial charge in [-0.25, -0.2) is 8.42 Å². The second kappa shape index (κ2) is 14.6. The van der Waals surface area contributed by atoms with Crippen molar-refractivity contribution in [3.63, 3.8) is 0 Å². The summed E-state index contributed by atoms with van der Waals surface area (Å²) < 4.78 is 30.5. The first-order valence-electron chi connectivity index (χ1n) is 15.2. The number of benzene rings is 4. The number of amides is 2. The Morgan fingerprint density at radius 3 is 2.02 bits per heavy atom. The van der Waals surface area contributed by atoms with Crippen LogP contribution in [0.15, 0.2) is 106 Å². The molecule has 7 nitrogen and oxygen atoms in total. The lowest BCUT2D eigenvalue weighted by molar-refractivity contribution is -0.140. The van der Waals surface area contributed by atoms with Gasteiger partial charge in [0.15, 0.2) is 0 Å². The SMILES string of the molecule is Cc1ccc(S(=O)(=O)N(CC(=O)N(Cc2ccc(Br)cc2)[C@H](Cc2ccccc2)C(=O)NC(C)(C)C)c2ccc(C)c(C)c2)cc1. The number of nitrogens with zero attached hydrogens (tertiary/aromatic N) is 2. The molecule has 0 saturated carbocycles. The standard InChI is InChI=1S/C37H42BrN3O4S/c1-26-12-20-33(21-13-26)46(44,45)41(32-19-14-27(2)28(3)22-32)25-35(42)40(24-30-15-17-31(38)18-16-30)34(36(43)39-37(4,5)6)23-29-10-8-7-9-11-29/h7-22,34H,23-25H2,1-6H3,(H,39,43)/t34-/m1/s1. The van der Waals surface area contributed by atoms with E-state index in [-0.39, 0.29) is 23.8 Å². The maximum absolute atomic E-state index is 14.6. The highest BCUT2D eigenvalue weighted by Crippen LogP contribution is 2.27. The molecule has 2 amide bonds. The number of anilines is 1. The minimum Gasteiger partial charge on any atom is -0.350 e. The van der Waals surface area contributed by atoms with Crippen LogP contribution in [0.5, 0.6) is 0 Å². The van der Waals surface area contributed by atoms with Gasteiger partial charge in [-0.1, -0.05) is 82.2 Å². The number of hydrogen-bond donors (Lipinski definition) is 1. The van der Waals surface area contributed by atoms with Crippen LogP contribution in [0.25, 0.3) is 0 Å². The summed E-state index contributed by atoms with van der Waals surface area (Å²) in [5.74, 6) is -0.817. The summed E-state index contributed by atoms with van der Waals surface area (Å²) in [6.07, 6.45) is 0.249. The second-order valence-electron chi connectivity index (χ2n) is 12.7. The molecule has 0 aliphatic rings. The van der Waals surface area contributed by atoms with Crippen LogP contribution >= 0.6 is 15.9 Å². The molecule has 4 rings (SSSR count). The molecule has 1 atom stereocenters. The molecular weight excluding hydrogens is 662 g/mol. The second-order valence-corrected chi connectivity index (χ2v) is 15.5. The van der Waals surface area contributed by atoms with Crippen LogP contribution in [0.4, 0.5) is 5.69 Å². The molecule has 4 aromatic rings. The fraction of sp³-hybridized carbons (Fsp3) is 0.297. The normalized spacial score (nSPS) is 12.3. The highest BCUT2D eigenvalue weighted by molar-refractivity contribution is 9.10. The van der Waals surface area contributed by atoms with E-state index in [1.807, 2.05) is 102 Å². The summed E-state index contributed by atoms with van der Waals surface area (Å²) in [5, 5.41) is 3.06. The van der Waals surface area contributed by atoms with Gasteiger partial charge in [0, 0.05) is 23.0 Å². The van der Waals surface area contributed by atoms with Crippen LogP contribution in [-0.4, -0.2) is 43.3 Å². The largest absolute Gasteiger partial charge is 0.350 e. The number of rotatable bonds is 11. The van der Waals surface area contributed by atoms with Gasteiger partial charge in [0.1, 0.15) is 12.6 Å². The van der Waals surface area contributed by atoms with Gasteiger partial charge in [0.25, 0.3) is 10.0 Å². The Balaban J connectivity index is 1.83. The Kier molecular flexibility index (Phi) is 11.1. The van der Waals surface area contributed by atoms with E-state index in [0.29, 0.717) is 5.69 Å². The van der Waals surface area contributed by atoms with Gasteiger partial charge in [-0.3, -0.25) is 13.9 Å². The number of carbonyl (C=O) groups is 2. The van der Waals surface area contributed by atoms with E-state index in [0.717, 1.165) is 36.6 Å². The van der Waals surface area contributed by atoms with Crippen molar-refractivity contribution >= 4 is 43.5 Å². The Morgan fingerprint density at radius 2 is 1.43 bits per heavy atom. The van der Waals surface area contributed by atoms with Gasteiger partial charge < -0.3 is 10.2 Å². The predicted molar refractivity (Wildman–Crippen MR) is 188 cm³/mol. The van der Waals surface area contributed by atoms with E-state index in [1.54, 1.807) is 36.4 Å². The lowest BCUT2D eigenvalue weighted by Crippen LogP contribution is -2.56. The average Bonchev–Trinajstić information content (AvgIpc) is 2.99. The molecule has 0 unspecified atom stereocenters. The molecule has 1 N–H and O–H groups in total. The number of hydrogen-bond acceptors (Lipinski definition) is 4. The fourth-order valence-corrected chi connectivity index (χ4v) is 6.71. The predicted octanol–water partition coefficient (Wildman–Crippen LogP) is 7.12. The van der Waals surface area contributed by atoms with Crippen molar-refractivity contribution in [2.45, 2.75) is 71.0 Å². The van der Waals surface area contributed by atoms with Crippen LogP contribution in [0, 0.1) is 20.8 Å². The first-order chi connectivity index (χ1) is 21.6. The monoisotopic (exact) mass is 703 g/mol. The molecule has 0 aliphatic carbocycles. The molecule has 4 aromatic carbocycles. The summed E-state index contributed by atoms with van der Waals surface area (Å²) >= 11 is 3.47. The lowest BCUT2D eigenvalue weighted by atomic mass is 10.0. The van der Waals surface area contributed by atoms with Crippen LogP contribution < -0.4 is 9.62 Å². The third-order valence-corrected chi connectivity index (χ3v) is 10.0. The molecule has 0 fully saturated rings. The number of nitrogens with one attached hydrogen (secondary N) is 1. The fourth-order valence-electron chi connectivity index (χ4n) is 5.04. The zero-order valence-corrected chi connectivity index (χ0v) is 29.7. The average molecular weight is 705 g/mol. The van der Waals surface area contributed by atoms with Crippen molar-refractivity contribution < 1.29 is 18.0 Å². The summed E-state index contributed by atoms with van der Waals surface area (Å²) in [6, 6.07) is 28.1. The maximum Gasteiger partial charge on any atom is 0.264 e. The van der Waals surface area contributed by atoms with E-state index in [9.17, 15) is 18.0 Å². The molecular formula is C37H42BrN3O4S. The van der Waals surface area contributed by atoms with Crippen molar-refractivity contribution in [2.75, 3.05) is 10.8 Å². The third-order valence-electron chi connectivity index (χ3n) is 7.70. The van der Waals surface area contributed by atoms with E-state index < -0.39 is 34.1 Å². The first-order valence-corrected chi connectivity index (χ1v) is 17.4. The number of carbonyl (C=O) groups excluding carboxylic acids is 2. The van der Waals surface area contributed by atoms with Crippen molar-refractivity contribution in [3.05, 3.63) is 129 Å². The van der Waals surface area contributed by atoms with Gasteiger partial charge in [0.05, 0.1) is 10.6 Å². The molecule has 0 heterocycles. The number of aryl methyl sites for hydroxylation is 3. The molecule has 0 bridgehead atoms. The first kappa shape index (κ1) is 34.9. The lowest BCUT2D eigenvalue weighted by Gasteiger charge is -2.35. The Hall–Kier alpha value is -3.95. The van der Waals surface area contributed by atoms with Crippen molar-refractivity contribution in [2.24, 2.45) is 0 Å².